The first-order chi connectivity index (χ1) is 6.70. The SMILES string of the molecule is CC1Cc2cc(Cl)cc(CON)c2O1. The first-order valence-corrected chi connectivity index (χ1v) is 4.88. The molecule has 0 bridgehead atoms. The minimum absolute atomic E-state index is 0.208. The highest BCUT2D eigenvalue weighted by molar-refractivity contribution is 6.30. The van der Waals surface area contributed by atoms with Crippen LogP contribution in [0.5, 0.6) is 5.75 Å². The molecule has 0 saturated heterocycles. The van der Waals surface area contributed by atoms with Gasteiger partial charge >= 0.3 is 0 Å². The van der Waals surface area contributed by atoms with Crippen LogP contribution >= 0.6 is 11.6 Å². The van der Waals surface area contributed by atoms with E-state index in [2.05, 4.69) is 4.84 Å². The van der Waals surface area contributed by atoms with E-state index < -0.39 is 0 Å². The molecule has 0 fully saturated rings. The molecule has 0 aliphatic carbocycles. The second kappa shape index (κ2) is 3.77. The summed E-state index contributed by atoms with van der Waals surface area (Å²) < 4.78 is 5.65. The Labute approximate surface area is 87.7 Å². The summed E-state index contributed by atoms with van der Waals surface area (Å²) in [6.07, 6.45) is 1.10. The van der Waals surface area contributed by atoms with Gasteiger partial charge in [-0.2, -0.15) is 0 Å². The van der Waals surface area contributed by atoms with E-state index in [9.17, 15) is 0 Å². The number of halogens is 1. The lowest BCUT2D eigenvalue weighted by Gasteiger charge is -2.08. The number of hydrogen-bond acceptors (Lipinski definition) is 3. The summed E-state index contributed by atoms with van der Waals surface area (Å²) in [5.41, 5.74) is 2.05. The monoisotopic (exact) mass is 213 g/mol. The Bertz CT molecular complexity index is 354. The second-order valence-electron chi connectivity index (χ2n) is 3.50. The van der Waals surface area contributed by atoms with Crippen LogP contribution in [-0.2, 0) is 17.9 Å². The Balaban J connectivity index is 2.41. The van der Waals surface area contributed by atoms with Gasteiger partial charge in [0, 0.05) is 17.0 Å². The predicted molar refractivity (Wildman–Crippen MR) is 54.2 cm³/mol. The summed E-state index contributed by atoms with van der Waals surface area (Å²) >= 11 is 5.96. The molecule has 1 unspecified atom stereocenters. The first kappa shape index (κ1) is 9.77. The van der Waals surface area contributed by atoms with Crippen molar-refractivity contribution in [1.29, 1.82) is 0 Å². The fourth-order valence-electron chi connectivity index (χ4n) is 1.76. The molecule has 0 spiro atoms. The van der Waals surface area contributed by atoms with E-state index in [0.717, 1.165) is 23.3 Å². The lowest BCUT2D eigenvalue weighted by atomic mass is 10.1. The Morgan fingerprint density at radius 2 is 2.43 bits per heavy atom. The van der Waals surface area contributed by atoms with Gasteiger partial charge in [0.15, 0.2) is 0 Å². The van der Waals surface area contributed by atoms with Crippen LogP contribution in [0.4, 0.5) is 0 Å². The van der Waals surface area contributed by atoms with Gasteiger partial charge < -0.3 is 4.74 Å². The highest BCUT2D eigenvalue weighted by atomic mass is 35.5. The van der Waals surface area contributed by atoms with Crippen molar-refractivity contribution in [2.45, 2.75) is 26.1 Å². The molecule has 1 atom stereocenters. The van der Waals surface area contributed by atoms with Crippen LogP contribution in [0.15, 0.2) is 12.1 Å². The molecule has 1 aliphatic rings. The standard InChI is InChI=1S/C10H12ClNO2/c1-6-2-7-3-9(11)4-8(5-13-12)10(7)14-6/h3-4,6H,2,5,12H2,1H3. The number of hydrogen-bond donors (Lipinski definition) is 1. The van der Waals surface area contributed by atoms with Crippen molar-refractivity contribution >= 4 is 11.6 Å². The molecule has 4 heteroatoms. The third-order valence-corrected chi connectivity index (χ3v) is 2.49. The van der Waals surface area contributed by atoms with Gasteiger partial charge in [-0.25, -0.2) is 5.90 Å². The van der Waals surface area contributed by atoms with Crippen molar-refractivity contribution in [1.82, 2.24) is 0 Å². The lowest BCUT2D eigenvalue weighted by molar-refractivity contribution is 0.120. The maximum atomic E-state index is 5.96. The van der Waals surface area contributed by atoms with Gasteiger partial charge in [0.1, 0.15) is 11.9 Å². The molecular weight excluding hydrogens is 202 g/mol. The Morgan fingerprint density at radius 1 is 1.64 bits per heavy atom. The Hall–Kier alpha value is -0.770. The van der Waals surface area contributed by atoms with E-state index >= 15 is 0 Å². The minimum atomic E-state index is 0.208. The minimum Gasteiger partial charge on any atom is -0.490 e. The molecule has 14 heavy (non-hydrogen) atoms. The molecule has 0 amide bonds. The molecule has 0 saturated carbocycles. The molecule has 2 rings (SSSR count). The van der Waals surface area contributed by atoms with Gasteiger partial charge in [0.05, 0.1) is 6.61 Å². The van der Waals surface area contributed by atoms with Crippen LogP contribution in [-0.4, -0.2) is 6.10 Å². The van der Waals surface area contributed by atoms with Crippen LogP contribution in [0.1, 0.15) is 18.1 Å². The van der Waals surface area contributed by atoms with Gasteiger partial charge in [-0.05, 0) is 24.6 Å². The molecule has 1 aromatic carbocycles. The number of ether oxygens (including phenoxy) is 1. The third-order valence-electron chi connectivity index (χ3n) is 2.27. The molecule has 1 heterocycles. The Kier molecular flexibility index (Phi) is 2.63. The maximum absolute atomic E-state index is 5.96. The summed E-state index contributed by atoms with van der Waals surface area (Å²) in [6, 6.07) is 3.76. The average Bonchev–Trinajstić information content (AvgIpc) is 2.45. The van der Waals surface area contributed by atoms with Crippen LogP contribution in [0.25, 0.3) is 0 Å². The van der Waals surface area contributed by atoms with Crippen molar-refractivity contribution in [3.63, 3.8) is 0 Å². The number of nitrogens with two attached hydrogens (primary N) is 1. The van der Waals surface area contributed by atoms with E-state index in [1.807, 2.05) is 19.1 Å². The Morgan fingerprint density at radius 3 is 3.14 bits per heavy atom. The van der Waals surface area contributed by atoms with E-state index in [0.29, 0.717) is 11.6 Å². The fourth-order valence-corrected chi connectivity index (χ4v) is 2.03. The summed E-state index contributed by atoms with van der Waals surface area (Å²) in [6.45, 7) is 2.36. The molecular formula is C10H12ClNO2. The molecule has 0 aromatic heterocycles. The maximum Gasteiger partial charge on any atom is 0.128 e. The third kappa shape index (κ3) is 1.71. The zero-order valence-electron chi connectivity index (χ0n) is 7.92. The van der Waals surface area contributed by atoms with E-state index in [-0.39, 0.29) is 6.10 Å². The van der Waals surface area contributed by atoms with E-state index in [1.165, 1.54) is 0 Å². The smallest absolute Gasteiger partial charge is 0.128 e. The molecule has 1 aromatic rings. The van der Waals surface area contributed by atoms with Gasteiger partial charge in [0.25, 0.3) is 0 Å². The summed E-state index contributed by atoms with van der Waals surface area (Å²) in [7, 11) is 0. The fraction of sp³-hybridized carbons (Fsp3) is 0.400. The van der Waals surface area contributed by atoms with Gasteiger partial charge in [-0.15, -0.1) is 0 Å². The van der Waals surface area contributed by atoms with Crippen LogP contribution in [0, 0.1) is 0 Å². The summed E-state index contributed by atoms with van der Waals surface area (Å²) in [4.78, 5) is 4.60. The van der Waals surface area contributed by atoms with Crippen LogP contribution < -0.4 is 10.6 Å². The predicted octanol–water partition coefficient (Wildman–Crippen LogP) is 2.05. The van der Waals surface area contributed by atoms with Gasteiger partial charge in [-0.3, -0.25) is 4.84 Å². The van der Waals surface area contributed by atoms with Crippen molar-refractivity contribution in [3.8, 4) is 5.75 Å². The second-order valence-corrected chi connectivity index (χ2v) is 3.93. The molecule has 76 valence electrons. The zero-order chi connectivity index (χ0) is 10.1. The van der Waals surface area contributed by atoms with E-state index in [1.54, 1.807) is 0 Å². The van der Waals surface area contributed by atoms with Crippen molar-refractivity contribution in [2.24, 2.45) is 5.90 Å². The van der Waals surface area contributed by atoms with Crippen molar-refractivity contribution in [2.75, 3.05) is 0 Å². The van der Waals surface area contributed by atoms with Gasteiger partial charge in [-0.1, -0.05) is 11.6 Å². The van der Waals surface area contributed by atoms with Crippen molar-refractivity contribution < 1.29 is 9.57 Å². The van der Waals surface area contributed by atoms with Crippen LogP contribution in [0.2, 0.25) is 5.02 Å². The van der Waals surface area contributed by atoms with Crippen LogP contribution in [0.3, 0.4) is 0 Å². The average molecular weight is 214 g/mol. The number of benzene rings is 1. The quantitative estimate of drug-likeness (QED) is 0.765. The highest BCUT2D eigenvalue weighted by Gasteiger charge is 2.22. The number of rotatable bonds is 2. The van der Waals surface area contributed by atoms with Gasteiger partial charge in [0.2, 0.25) is 0 Å². The topological polar surface area (TPSA) is 44.5 Å². The van der Waals surface area contributed by atoms with E-state index in [4.69, 9.17) is 22.2 Å². The molecule has 0 radical (unpaired) electrons. The highest BCUT2D eigenvalue weighted by Crippen LogP contribution is 2.35. The molecule has 1 aliphatic heterocycles. The molecule has 3 nitrogen and oxygen atoms in total. The normalized spacial score (nSPS) is 19.2. The lowest BCUT2D eigenvalue weighted by Crippen LogP contribution is -2.06. The largest absolute Gasteiger partial charge is 0.490 e. The first-order valence-electron chi connectivity index (χ1n) is 4.50. The number of fused-ring (bicyclic) bond motifs is 1. The summed E-state index contributed by atoms with van der Waals surface area (Å²) in [5.74, 6) is 5.92. The zero-order valence-corrected chi connectivity index (χ0v) is 8.67. The van der Waals surface area contributed by atoms with Crippen molar-refractivity contribution in [3.05, 3.63) is 28.3 Å². The molecule has 2 N–H and O–H groups in total. The summed E-state index contributed by atoms with van der Waals surface area (Å²) in [5, 5.41) is 0.702.